The molecule has 0 saturated carbocycles. The van der Waals surface area contributed by atoms with Crippen molar-refractivity contribution >= 4 is 50.8 Å². The van der Waals surface area contributed by atoms with Gasteiger partial charge in [0, 0.05) is 35.5 Å². The van der Waals surface area contributed by atoms with E-state index in [1.54, 1.807) is 41.4 Å². The highest BCUT2D eigenvalue weighted by atomic mass is 32.2. The second-order valence-corrected chi connectivity index (χ2v) is 12.5. The summed E-state index contributed by atoms with van der Waals surface area (Å²) >= 11 is 5.85. The zero-order valence-corrected chi connectivity index (χ0v) is 23.8. The Balaban J connectivity index is 1.46. The largest absolute Gasteiger partial charge is 0.392 e. The molecular formula is C29H31N3O6S2. The summed E-state index contributed by atoms with van der Waals surface area (Å²) in [6.45, 7) is 1.66. The van der Waals surface area contributed by atoms with E-state index in [0.29, 0.717) is 42.4 Å². The van der Waals surface area contributed by atoms with Crippen LogP contribution in [0.1, 0.15) is 70.4 Å². The predicted molar refractivity (Wildman–Crippen MR) is 154 cm³/mol. The lowest BCUT2D eigenvalue weighted by Crippen LogP contribution is -2.50. The number of hydrogen-bond acceptors (Lipinski definition) is 8. The van der Waals surface area contributed by atoms with Crippen molar-refractivity contribution in [3.63, 3.8) is 0 Å². The van der Waals surface area contributed by atoms with Gasteiger partial charge in [0.15, 0.2) is 0 Å². The second kappa shape index (κ2) is 11.4. The molecule has 3 aliphatic rings. The fourth-order valence-electron chi connectivity index (χ4n) is 6.03. The lowest BCUT2D eigenvalue weighted by Gasteiger charge is -2.37. The summed E-state index contributed by atoms with van der Waals surface area (Å²) < 4.78 is 29.5. The minimum Gasteiger partial charge on any atom is -0.392 e. The van der Waals surface area contributed by atoms with Gasteiger partial charge in [0.2, 0.25) is 0 Å². The molecule has 2 heterocycles. The molecule has 11 heteroatoms. The standard InChI is InChI=1S/C29H31N3O6S2/c1-19-8-6-15-31(19)32(16-17-33)40(37,38)27-25(18-34)21-10-3-2-9-20(21)22(26(27)39)13-7-14-30-28(35)23-11-4-5-12-24(23)29(30)36/h2-5,9-12,17,19,22,34H,6-8,13-16,18H2,1H3. The van der Waals surface area contributed by atoms with Gasteiger partial charge < -0.3 is 9.90 Å². The molecule has 0 bridgehead atoms. The summed E-state index contributed by atoms with van der Waals surface area (Å²) in [5.41, 5.74) is 2.33. The molecule has 2 aliphatic heterocycles. The van der Waals surface area contributed by atoms with Crippen molar-refractivity contribution in [1.29, 1.82) is 0 Å². The Hall–Kier alpha value is -3.09. The van der Waals surface area contributed by atoms with E-state index in [-0.39, 0.29) is 46.3 Å². The topological polar surface area (TPSA) is 115 Å². The Kier molecular flexibility index (Phi) is 8.12. The number of imide groups is 1. The van der Waals surface area contributed by atoms with Crippen molar-refractivity contribution in [2.45, 2.75) is 44.6 Å². The molecule has 2 unspecified atom stereocenters. The number of aliphatic hydroxyl groups is 1. The van der Waals surface area contributed by atoms with Gasteiger partial charge in [-0.3, -0.25) is 14.5 Å². The molecule has 1 N–H and O–H groups in total. The number of sulfonamides is 1. The average molecular weight is 582 g/mol. The van der Waals surface area contributed by atoms with Gasteiger partial charge in [-0.1, -0.05) is 48.6 Å². The maximum absolute atomic E-state index is 14.2. The van der Waals surface area contributed by atoms with Gasteiger partial charge in [-0.05, 0) is 55.9 Å². The van der Waals surface area contributed by atoms with Gasteiger partial charge in [0.05, 0.1) is 24.3 Å². The van der Waals surface area contributed by atoms with E-state index >= 15 is 0 Å². The molecule has 1 fully saturated rings. The Morgan fingerprint density at radius 2 is 1.68 bits per heavy atom. The van der Waals surface area contributed by atoms with Gasteiger partial charge in [-0.25, -0.2) is 13.4 Å². The van der Waals surface area contributed by atoms with E-state index in [1.165, 1.54) is 4.90 Å². The van der Waals surface area contributed by atoms with Gasteiger partial charge in [-0.2, -0.15) is 0 Å². The molecule has 0 aromatic heterocycles. The zero-order valence-electron chi connectivity index (χ0n) is 22.2. The van der Waals surface area contributed by atoms with E-state index in [2.05, 4.69) is 0 Å². The minimum atomic E-state index is -4.30. The molecule has 2 aromatic carbocycles. The lowest BCUT2D eigenvalue weighted by molar-refractivity contribution is -0.110. The highest BCUT2D eigenvalue weighted by Crippen LogP contribution is 2.43. The lowest BCUT2D eigenvalue weighted by atomic mass is 9.80. The summed E-state index contributed by atoms with van der Waals surface area (Å²) in [7, 11) is -4.30. The van der Waals surface area contributed by atoms with E-state index in [4.69, 9.17) is 12.2 Å². The SMILES string of the molecule is CC1CCCN1N(CC=O)S(=O)(=O)C1=C(CO)c2ccccc2C(CCCN2C(=O)c3ccccc3C2=O)C1=S. The maximum atomic E-state index is 14.2. The van der Waals surface area contributed by atoms with Crippen molar-refractivity contribution in [3.05, 3.63) is 75.7 Å². The number of fused-ring (bicyclic) bond motifs is 2. The van der Waals surface area contributed by atoms with Crippen molar-refractivity contribution in [1.82, 2.24) is 14.3 Å². The summed E-state index contributed by atoms with van der Waals surface area (Å²) in [5.74, 6) is -1.19. The van der Waals surface area contributed by atoms with Crippen LogP contribution in [-0.4, -0.2) is 83.1 Å². The van der Waals surface area contributed by atoms with Gasteiger partial charge in [-0.15, -0.1) is 4.41 Å². The highest BCUT2D eigenvalue weighted by molar-refractivity contribution is 7.96. The summed E-state index contributed by atoms with van der Waals surface area (Å²) in [6, 6.07) is 13.8. The van der Waals surface area contributed by atoms with Crippen LogP contribution in [0.25, 0.3) is 5.57 Å². The van der Waals surface area contributed by atoms with Crippen molar-refractivity contribution in [3.8, 4) is 0 Å². The Morgan fingerprint density at radius 1 is 1.05 bits per heavy atom. The van der Waals surface area contributed by atoms with Crippen LogP contribution in [0, 0.1) is 0 Å². The highest BCUT2D eigenvalue weighted by Gasteiger charge is 2.43. The van der Waals surface area contributed by atoms with Gasteiger partial charge >= 0.3 is 0 Å². The third kappa shape index (κ3) is 4.75. The monoisotopic (exact) mass is 581 g/mol. The van der Waals surface area contributed by atoms with E-state index < -0.39 is 22.5 Å². The van der Waals surface area contributed by atoms with Crippen molar-refractivity contribution in [2.75, 3.05) is 26.2 Å². The Labute approximate surface area is 239 Å². The average Bonchev–Trinajstić information content (AvgIpc) is 3.48. The minimum absolute atomic E-state index is 0.0761. The number of hydrazine groups is 1. The Morgan fingerprint density at radius 3 is 2.25 bits per heavy atom. The molecule has 9 nitrogen and oxygen atoms in total. The third-order valence-electron chi connectivity index (χ3n) is 7.96. The summed E-state index contributed by atoms with van der Waals surface area (Å²) in [4.78, 5) is 38.5. The van der Waals surface area contributed by atoms with Crippen LogP contribution in [0.4, 0.5) is 0 Å². The Bertz CT molecular complexity index is 1480. The molecule has 2 amide bonds. The number of aliphatic hydroxyl groups excluding tert-OH is 1. The molecule has 40 heavy (non-hydrogen) atoms. The van der Waals surface area contributed by atoms with E-state index in [9.17, 15) is 27.9 Å². The smallest absolute Gasteiger partial charge is 0.261 e. The number of carbonyl (C=O) groups excluding carboxylic acids is 3. The molecule has 2 atom stereocenters. The maximum Gasteiger partial charge on any atom is 0.261 e. The number of nitrogens with zero attached hydrogens (tertiary/aromatic N) is 3. The summed E-state index contributed by atoms with van der Waals surface area (Å²) in [6.07, 6.45) is 2.93. The molecule has 1 aliphatic carbocycles. The second-order valence-electron chi connectivity index (χ2n) is 10.3. The van der Waals surface area contributed by atoms with Crippen LogP contribution in [0.2, 0.25) is 0 Å². The van der Waals surface area contributed by atoms with Crippen LogP contribution in [0.15, 0.2) is 53.4 Å². The van der Waals surface area contributed by atoms with Crippen LogP contribution < -0.4 is 0 Å². The number of carbonyl (C=O) groups is 3. The van der Waals surface area contributed by atoms with Gasteiger partial charge in [0.1, 0.15) is 11.2 Å². The van der Waals surface area contributed by atoms with Crippen LogP contribution >= 0.6 is 12.2 Å². The van der Waals surface area contributed by atoms with Crippen LogP contribution in [0.3, 0.4) is 0 Å². The van der Waals surface area contributed by atoms with E-state index in [1.807, 2.05) is 19.1 Å². The van der Waals surface area contributed by atoms with Crippen LogP contribution in [-0.2, 0) is 14.8 Å². The molecule has 5 rings (SSSR count). The first-order chi connectivity index (χ1) is 19.2. The quantitative estimate of drug-likeness (QED) is 0.259. The fraction of sp³-hybridized carbons (Fsp3) is 0.379. The van der Waals surface area contributed by atoms with E-state index in [0.717, 1.165) is 22.8 Å². The molecule has 0 spiro atoms. The first-order valence-corrected chi connectivity index (χ1v) is 15.2. The number of rotatable bonds is 10. The number of thiocarbonyl (C=S) groups is 1. The molecule has 2 aromatic rings. The molecule has 0 radical (unpaired) electrons. The third-order valence-corrected chi connectivity index (χ3v) is 10.5. The van der Waals surface area contributed by atoms with Crippen molar-refractivity contribution in [2.24, 2.45) is 0 Å². The number of benzene rings is 2. The number of allylic oxidation sites excluding steroid dienone is 1. The fourth-order valence-corrected chi connectivity index (χ4v) is 8.58. The first-order valence-electron chi connectivity index (χ1n) is 13.4. The number of amides is 2. The number of aldehydes is 1. The van der Waals surface area contributed by atoms with Gasteiger partial charge in [0.25, 0.3) is 21.8 Å². The first kappa shape index (κ1) is 28.4. The molecule has 210 valence electrons. The van der Waals surface area contributed by atoms with Crippen LogP contribution in [0.5, 0.6) is 0 Å². The summed E-state index contributed by atoms with van der Waals surface area (Å²) in [5, 5.41) is 12.1. The normalized spacial score (nSPS) is 21.4. The number of hydrogen-bond donors (Lipinski definition) is 1. The predicted octanol–water partition coefficient (Wildman–Crippen LogP) is 3.16. The molecular weight excluding hydrogens is 550 g/mol. The zero-order chi connectivity index (χ0) is 28.6. The molecule has 1 saturated heterocycles. The van der Waals surface area contributed by atoms with Crippen molar-refractivity contribution < 1.29 is 27.9 Å².